The van der Waals surface area contributed by atoms with Gasteiger partial charge >= 0.3 is 0 Å². The summed E-state index contributed by atoms with van der Waals surface area (Å²) in [7, 11) is 0. The van der Waals surface area contributed by atoms with Gasteiger partial charge in [0, 0.05) is 19.1 Å². The Labute approximate surface area is 100 Å². The Hall–Kier alpha value is -0.870. The second-order valence-corrected chi connectivity index (χ2v) is 5.34. The number of thiophene rings is 1. The van der Waals surface area contributed by atoms with Crippen molar-refractivity contribution in [3.63, 3.8) is 0 Å². The maximum absolute atomic E-state index is 12.0. The second-order valence-electron chi connectivity index (χ2n) is 4.56. The number of likely N-dealkylation sites (tertiary alicyclic amines) is 1. The lowest BCUT2D eigenvalue weighted by molar-refractivity contribution is -0.129. The van der Waals surface area contributed by atoms with Gasteiger partial charge in [-0.1, -0.05) is 0 Å². The van der Waals surface area contributed by atoms with Crippen LogP contribution in [0.2, 0.25) is 0 Å². The lowest BCUT2D eigenvalue weighted by atomic mass is 10.0. The highest BCUT2D eigenvalue weighted by Gasteiger charge is 2.28. The Morgan fingerprint density at radius 3 is 3.12 bits per heavy atom. The molecule has 1 aliphatic heterocycles. The quantitative estimate of drug-likeness (QED) is 0.867. The molecule has 0 spiro atoms. The Bertz CT molecular complexity index is 348. The fraction of sp³-hybridized carbons (Fsp3) is 0.583. The zero-order valence-corrected chi connectivity index (χ0v) is 10.4. The molecule has 2 atom stereocenters. The van der Waals surface area contributed by atoms with E-state index in [9.17, 15) is 4.79 Å². The van der Waals surface area contributed by atoms with Gasteiger partial charge in [0.15, 0.2) is 0 Å². The van der Waals surface area contributed by atoms with Gasteiger partial charge in [-0.05, 0) is 41.7 Å². The minimum absolute atomic E-state index is 0.193. The Morgan fingerprint density at radius 2 is 2.56 bits per heavy atom. The summed E-state index contributed by atoms with van der Waals surface area (Å²) < 4.78 is 0. The summed E-state index contributed by atoms with van der Waals surface area (Å²) in [5, 5.41) is 4.05. The van der Waals surface area contributed by atoms with E-state index >= 15 is 0 Å². The molecule has 4 heteroatoms. The van der Waals surface area contributed by atoms with Crippen LogP contribution in [0.3, 0.4) is 0 Å². The third-order valence-corrected chi connectivity index (χ3v) is 3.99. The minimum atomic E-state index is 0.193. The summed E-state index contributed by atoms with van der Waals surface area (Å²) in [6.07, 6.45) is 1.59. The molecule has 0 saturated carbocycles. The highest BCUT2D eigenvalue weighted by atomic mass is 32.1. The largest absolute Gasteiger partial charge is 0.342 e. The average molecular weight is 238 g/mol. The second kappa shape index (κ2) is 4.97. The summed E-state index contributed by atoms with van der Waals surface area (Å²) in [6.45, 7) is 3.73. The summed E-state index contributed by atoms with van der Waals surface area (Å²) >= 11 is 1.64. The third-order valence-electron chi connectivity index (χ3n) is 3.26. The van der Waals surface area contributed by atoms with Crippen LogP contribution in [-0.4, -0.2) is 29.9 Å². The molecule has 0 aromatic carbocycles. The molecule has 1 aromatic heterocycles. The molecule has 1 amide bonds. The topological polar surface area (TPSA) is 46.3 Å². The van der Waals surface area contributed by atoms with E-state index in [1.165, 1.54) is 0 Å². The predicted molar refractivity (Wildman–Crippen MR) is 66.4 cm³/mol. The molecule has 3 nitrogen and oxygen atoms in total. The monoisotopic (exact) mass is 238 g/mol. The van der Waals surface area contributed by atoms with Crippen LogP contribution in [0, 0.1) is 5.92 Å². The average Bonchev–Trinajstić information content (AvgIpc) is 2.86. The molecular formula is C12H18N2OS. The van der Waals surface area contributed by atoms with Crippen molar-refractivity contribution in [2.75, 3.05) is 13.1 Å². The number of nitrogens with two attached hydrogens (primary N) is 1. The maximum Gasteiger partial charge on any atom is 0.227 e. The lowest BCUT2D eigenvalue weighted by Crippen LogP contribution is -2.33. The van der Waals surface area contributed by atoms with Gasteiger partial charge in [-0.2, -0.15) is 11.3 Å². The van der Waals surface area contributed by atoms with Crippen molar-refractivity contribution in [3.8, 4) is 0 Å². The summed E-state index contributed by atoms with van der Waals surface area (Å²) in [5.74, 6) is 0.716. The molecule has 0 aliphatic carbocycles. The van der Waals surface area contributed by atoms with Gasteiger partial charge in [-0.15, -0.1) is 0 Å². The number of rotatable bonds is 3. The van der Waals surface area contributed by atoms with E-state index in [0.717, 1.165) is 25.1 Å². The van der Waals surface area contributed by atoms with Crippen LogP contribution in [0.15, 0.2) is 16.8 Å². The van der Waals surface area contributed by atoms with Crippen LogP contribution in [0.1, 0.15) is 18.9 Å². The molecule has 2 rings (SSSR count). The number of nitrogens with zero attached hydrogens (tertiary/aromatic N) is 1. The van der Waals surface area contributed by atoms with Gasteiger partial charge in [0.1, 0.15) is 0 Å². The molecule has 16 heavy (non-hydrogen) atoms. The van der Waals surface area contributed by atoms with Gasteiger partial charge in [-0.25, -0.2) is 0 Å². The van der Waals surface area contributed by atoms with Gasteiger partial charge in [0.05, 0.1) is 6.42 Å². The fourth-order valence-electron chi connectivity index (χ4n) is 2.12. The molecule has 2 N–H and O–H groups in total. The summed E-state index contributed by atoms with van der Waals surface area (Å²) in [4.78, 5) is 13.9. The predicted octanol–water partition coefficient (Wildman–Crippen LogP) is 1.49. The third kappa shape index (κ3) is 2.62. The molecule has 1 saturated heterocycles. The van der Waals surface area contributed by atoms with Gasteiger partial charge < -0.3 is 10.6 Å². The zero-order chi connectivity index (χ0) is 11.5. The fourth-order valence-corrected chi connectivity index (χ4v) is 2.79. The van der Waals surface area contributed by atoms with E-state index in [1.807, 2.05) is 28.7 Å². The van der Waals surface area contributed by atoms with E-state index in [4.69, 9.17) is 5.73 Å². The standard InChI is InChI=1S/C12H18N2OS/c1-9(13)11-2-4-14(7-11)12(15)6-10-3-5-16-8-10/h3,5,8-9,11H,2,4,6-7,13H2,1H3. The minimum Gasteiger partial charge on any atom is -0.342 e. The van der Waals surface area contributed by atoms with Crippen molar-refractivity contribution in [3.05, 3.63) is 22.4 Å². The molecular weight excluding hydrogens is 220 g/mol. The van der Waals surface area contributed by atoms with E-state index in [-0.39, 0.29) is 11.9 Å². The molecule has 1 fully saturated rings. The first-order chi connectivity index (χ1) is 7.66. The molecule has 1 aliphatic rings. The van der Waals surface area contributed by atoms with E-state index in [0.29, 0.717) is 12.3 Å². The van der Waals surface area contributed by atoms with Crippen LogP contribution in [0.25, 0.3) is 0 Å². The number of hydrogen-bond donors (Lipinski definition) is 1. The highest BCUT2D eigenvalue weighted by molar-refractivity contribution is 7.07. The van der Waals surface area contributed by atoms with Gasteiger partial charge in [0.2, 0.25) is 5.91 Å². The first-order valence-electron chi connectivity index (χ1n) is 5.71. The van der Waals surface area contributed by atoms with E-state index < -0.39 is 0 Å². The first kappa shape index (κ1) is 11.6. The Kier molecular flexibility index (Phi) is 3.61. The van der Waals surface area contributed by atoms with Crippen molar-refractivity contribution >= 4 is 17.2 Å². The van der Waals surface area contributed by atoms with Crippen LogP contribution in [0.4, 0.5) is 0 Å². The van der Waals surface area contributed by atoms with Crippen molar-refractivity contribution in [2.45, 2.75) is 25.8 Å². The van der Waals surface area contributed by atoms with Gasteiger partial charge in [-0.3, -0.25) is 4.79 Å². The Morgan fingerprint density at radius 1 is 1.75 bits per heavy atom. The van der Waals surface area contributed by atoms with Crippen molar-refractivity contribution in [1.82, 2.24) is 4.90 Å². The summed E-state index contributed by atoms with van der Waals surface area (Å²) in [5.41, 5.74) is 6.98. The normalized spacial score (nSPS) is 22.4. The van der Waals surface area contributed by atoms with Crippen molar-refractivity contribution < 1.29 is 4.79 Å². The van der Waals surface area contributed by atoms with Crippen molar-refractivity contribution in [1.29, 1.82) is 0 Å². The number of carbonyl (C=O) groups excluding carboxylic acids is 1. The summed E-state index contributed by atoms with van der Waals surface area (Å²) in [6, 6.07) is 2.21. The molecule has 1 aromatic rings. The highest BCUT2D eigenvalue weighted by Crippen LogP contribution is 2.19. The molecule has 0 bridgehead atoms. The maximum atomic E-state index is 12.0. The van der Waals surface area contributed by atoms with Crippen LogP contribution in [-0.2, 0) is 11.2 Å². The first-order valence-corrected chi connectivity index (χ1v) is 6.65. The number of carbonyl (C=O) groups is 1. The van der Waals surface area contributed by atoms with E-state index in [1.54, 1.807) is 11.3 Å². The Balaban J connectivity index is 1.87. The van der Waals surface area contributed by atoms with E-state index in [2.05, 4.69) is 0 Å². The van der Waals surface area contributed by atoms with Gasteiger partial charge in [0.25, 0.3) is 0 Å². The van der Waals surface area contributed by atoms with Crippen molar-refractivity contribution in [2.24, 2.45) is 11.7 Å². The van der Waals surface area contributed by atoms with Crippen LogP contribution in [0.5, 0.6) is 0 Å². The smallest absolute Gasteiger partial charge is 0.227 e. The number of amides is 1. The molecule has 0 radical (unpaired) electrons. The van der Waals surface area contributed by atoms with Crippen LogP contribution < -0.4 is 5.73 Å². The van der Waals surface area contributed by atoms with Crippen LogP contribution >= 0.6 is 11.3 Å². The molecule has 88 valence electrons. The molecule has 2 heterocycles. The zero-order valence-electron chi connectivity index (χ0n) is 9.56. The SMILES string of the molecule is CC(N)C1CCN(C(=O)Cc2ccsc2)C1. The number of hydrogen-bond acceptors (Lipinski definition) is 3. The lowest BCUT2D eigenvalue weighted by Gasteiger charge is -2.17. The molecule has 2 unspecified atom stereocenters.